The van der Waals surface area contributed by atoms with Crippen molar-refractivity contribution in [1.29, 1.82) is 0 Å². The van der Waals surface area contributed by atoms with E-state index >= 15 is 0 Å². The summed E-state index contributed by atoms with van der Waals surface area (Å²) in [7, 11) is 0. The molecule has 1 aromatic carbocycles. The zero-order chi connectivity index (χ0) is 18.1. The monoisotopic (exact) mass is 341 g/mol. The minimum absolute atomic E-state index is 0.0678. The summed E-state index contributed by atoms with van der Waals surface area (Å²) >= 11 is 0. The van der Waals surface area contributed by atoms with E-state index in [0.717, 1.165) is 24.1 Å². The quantitative estimate of drug-likeness (QED) is 0.902. The molecule has 0 fully saturated rings. The molecule has 0 unspecified atom stereocenters. The number of fused-ring (bicyclic) bond motifs is 1. The molecule has 0 saturated heterocycles. The van der Waals surface area contributed by atoms with Crippen molar-refractivity contribution in [3.63, 3.8) is 0 Å². The number of aromatic carboxylic acids is 1. The highest BCUT2D eigenvalue weighted by Gasteiger charge is 2.28. The summed E-state index contributed by atoms with van der Waals surface area (Å²) in [5.74, 6) is -0.481. The number of anilines is 1. The Kier molecular flexibility index (Phi) is 4.66. The number of aryl methyl sites for hydroxylation is 2. The second-order valence-electron chi connectivity index (χ2n) is 6.71. The summed E-state index contributed by atoms with van der Waals surface area (Å²) in [6.07, 6.45) is 2.26. The Morgan fingerprint density at radius 2 is 2.04 bits per heavy atom. The van der Waals surface area contributed by atoms with Crippen LogP contribution in [-0.4, -0.2) is 23.5 Å². The summed E-state index contributed by atoms with van der Waals surface area (Å²) in [5.41, 5.74) is 3.38. The third-order valence-corrected chi connectivity index (χ3v) is 4.71. The lowest BCUT2D eigenvalue weighted by Gasteiger charge is -2.29. The van der Waals surface area contributed by atoms with E-state index in [-0.39, 0.29) is 17.2 Å². The van der Waals surface area contributed by atoms with Crippen LogP contribution in [0.4, 0.5) is 5.69 Å². The van der Waals surface area contributed by atoms with Crippen molar-refractivity contribution in [1.82, 2.24) is 0 Å². The van der Waals surface area contributed by atoms with Gasteiger partial charge in [-0.2, -0.15) is 0 Å². The van der Waals surface area contributed by atoms with E-state index in [2.05, 4.69) is 26.0 Å². The average molecular weight is 341 g/mol. The van der Waals surface area contributed by atoms with Crippen molar-refractivity contribution in [3.05, 3.63) is 52.5 Å². The van der Waals surface area contributed by atoms with E-state index in [1.165, 1.54) is 11.6 Å². The zero-order valence-electron chi connectivity index (χ0n) is 14.8. The van der Waals surface area contributed by atoms with E-state index in [1.54, 1.807) is 4.90 Å². The molecule has 0 bridgehead atoms. The first-order valence-electron chi connectivity index (χ1n) is 8.73. The fourth-order valence-electron chi connectivity index (χ4n) is 3.30. The number of hydrogen-bond donors (Lipinski definition) is 1. The Morgan fingerprint density at radius 1 is 1.28 bits per heavy atom. The molecule has 1 aromatic heterocycles. The highest BCUT2D eigenvalue weighted by atomic mass is 16.4. The molecule has 1 aliphatic heterocycles. The summed E-state index contributed by atoms with van der Waals surface area (Å²) < 4.78 is 5.55. The molecule has 1 aliphatic rings. The third-order valence-electron chi connectivity index (χ3n) is 4.71. The van der Waals surface area contributed by atoms with E-state index in [1.807, 2.05) is 13.0 Å². The molecule has 5 nitrogen and oxygen atoms in total. The van der Waals surface area contributed by atoms with Crippen LogP contribution in [0.25, 0.3) is 0 Å². The molecule has 0 radical (unpaired) electrons. The lowest BCUT2D eigenvalue weighted by Crippen LogP contribution is -2.35. The normalized spacial score (nSPS) is 13.8. The molecule has 2 heterocycles. The predicted octanol–water partition coefficient (Wildman–Crippen LogP) is 4.26. The van der Waals surface area contributed by atoms with Crippen LogP contribution in [0, 0.1) is 0 Å². The minimum Gasteiger partial charge on any atom is -0.478 e. The molecular formula is C20H23NO4. The Hall–Kier alpha value is -2.56. The number of carboxylic acid groups (broad SMARTS) is 1. The second-order valence-corrected chi connectivity index (χ2v) is 6.71. The first-order valence-corrected chi connectivity index (χ1v) is 8.73. The zero-order valence-corrected chi connectivity index (χ0v) is 14.8. The van der Waals surface area contributed by atoms with Crippen LogP contribution in [0.3, 0.4) is 0 Å². The van der Waals surface area contributed by atoms with Gasteiger partial charge in [-0.15, -0.1) is 0 Å². The number of hydrogen-bond acceptors (Lipinski definition) is 3. The fraction of sp³-hybridized carbons (Fsp3) is 0.400. The van der Waals surface area contributed by atoms with E-state index < -0.39 is 5.97 Å². The molecule has 132 valence electrons. The average Bonchev–Trinajstić information content (AvgIpc) is 3.04. The van der Waals surface area contributed by atoms with Crippen molar-refractivity contribution in [2.75, 3.05) is 11.4 Å². The first kappa shape index (κ1) is 17.3. The molecule has 0 aliphatic carbocycles. The Bertz CT molecular complexity index is 819. The third kappa shape index (κ3) is 3.18. The van der Waals surface area contributed by atoms with Crippen LogP contribution >= 0.6 is 0 Å². The van der Waals surface area contributed by atoms with Gasteiger partial charge in [-0.05, 0) is 36.0 Å². The maximum absolute atomic E-state index is 12.9. The van der Waals surface area contributed by atoms with Crippen LogP contribution in [0.5, 0.6) is 0 Å². The number of amides is 1. The molecule has 0 saturated carbocycles. The molecule has 1 N–H and O–H groups in total. The van der Waals surface area contributed by atoms with Gasteiger partial charge >= 0.3 is 5.97 Å². The van der Waals surface area contributed by atoms with Gasteiger partial charge in [0.1, 0.15) is 11.3 Å². The maximum atomic E-state index is 12.9. The minimum atomic E-state index is -1.07. The predicted molar refractivity (Wildman–Crippen MR) is 95.6 cm³/mol. The number of nitrogens with zero attached hydrogens (tertiary/aromatic N) is 1. The van der Waals surface area contributed by atoms with E-state index in [4.69, 9.17) is 4.42 Å². The van der Waals surface area contributed by atoms with Crippen molar-refractivity contribution < 1.29 is 19.1 Å². The van der Waals surface area contributed by atoms with Crippen molar-refractivity contribution in [2.45, 2.75) is 46.0 Å². The molecule has 2 aromatic rings. The van der Waals surface area contributed by atoms with Crippen LogP contribution in [0.15, 0.2) is 28.7 Å². The Labute approximate surface area is 147 Å². The topological polar surface area (TPSA) is 70.8 Å². The second kappa shape index (κ2) is 6.75. The molecular weight excluding hydrogens is 318 g/mol. The lowest BCUT2D eigenvalue weighted by atomic mass is 9.94. The Morgan fingerprint density at radius 3 is 2.64 bits per heavy atom. The lowest BCUT2D eigenvalue weighted by molar-refractivity contribution is 0.0694. The molecule has 0 atom stereocenters. The first-order chi connectivity index (χ1) is 11.9. The van der Waals surface area contributed by atoms with Gasteiger partial charge in [-0.25, -0.2) is 4.79 Å². The number of carbonyl (C=O) groups is 2. The van der Waals surface area contributed by atoms with Gasteiger partial charge < -0.3 is 14.4 Å². The van der Waals surface area contributed by atoms with Gasteiger partial charge in [0, 0.05) is 24.7 Å². The summed E-state index contributed by atoms with van der Waals surface area (Å²) in [6, 6.07) is 7.56. The van der Waals surface area contributed by atoms with Crippen LogP contribution in [0.2, 0.25) is 0 Å². The van der Waals surface area contributed by atoms with Crippen molar-refractivity contribution in [3.8, 4) is 0 Å². The van der Waals surface area contributed by atoms with Gasteiger partial charge in [0.2, 0.25) is 0 Å². The number of carbonyl (C=O) groups excluding carboxylic acids is 1. The maximum Gasteiger partial charge on any atom is 0.339 e. The Balaban J connectivity index is 1.96. The molecule has 1 amide bonds. The number of furan rings is 1. The molecule has 0 spiro atoms. The standard InChI is InChI=1S/C20H23NO4/c1-4-17-15(20(23)24)11-18(25-17)19(22)21-9-5-6-14-10-13(12(2)3)7-8-16(14)21/h7-8,10-12H,4-6,9H2,1-3H3,(H,23,24). The summed E-state index contributed by atoms with van der Waals surface area (Å²) in [4.78, 5) is 25.9. The van der Waals surface area contributed by atoms with Crippen molar-refractivity contribution >= 4 is 17.6 Å². The van der Waals surface area contributed by atoms with Gasteiger partial charge in [-0.3, -0.25) is 4.79 Å². The number of carboxylic acids is 1. The highest BCUT2D eigenvalue weighted by molar-refractivity contribution is 6.06. The van der Waals surface area contributed by atoms with E-state index in [9.17, 15) is 14.7 Å². The van der Waals surface area contributed by atoms with Gasteiger partial charge in [0.25, 0.3) is 5.91 Å². The van der Waals surface area contributed by atoms with Crippen molar-refractivity contribution in [2.24, 2.45) is 0 Å². The van der Waals surface area contributed by atoms with Crippen LogP contribution in [0.1, 0.15) is 70.9 Å². The van der Waals surface area contributed by atoms with Gasteiger partial charge in [0.15, 0.2) is 5.76 Å². The SMILES string of the molecule is CCc1oc(C(=O)N2CCCc3cc(C(C)C)ccc32)cc1C(=O)O. The fourth-order valence-corrected chi connectivity index (χ4v) is 3.30. The molecule has 5 heteroatoms. The smallest absolute Gasteiger partial charge is 0.339 e. The number of benzene rings is 1. The summed E-state index contributed by atoms with van der Waals surface area (Å²) in [5, 5.41) is 9.26. The number of rotatable bonds is 4. The van der Waals surface area contributed by atoms with Crippen LogP contribution < -0.4 is 4.90 Å². The molecule has 3 rings (SSSR count). The highest BCUT2D eigenvalue weighted by Crippen LogP contribution is 2.32. The van der Waals surface area contributed by atoms with Gasteiger partial charge in [0.05, 0.1) is 0 Å². The van der Waals surface area contributed by atoms with E-state index in [0.29, 0.717) is 24.6 Å². The summed E-state index contributed by atoms with van der Waals surface area (Å²) in [6.45, 7) is 6.71. The van der Waals surface area contributed by atoms with Crippen LogP contribution in [-0.2, 0) is 12.8 Å². The molecule has 25 heavy (non-hydrogen) atoms. The largest absolute Gasteiger partial charge is 0.478 e. The van der Waals surface area contributed by atoms with Gasteiger partial charge in [-0.1, -0.05) is 32.9 Å².